The maximum absolute atomic E-state index is 13.4. The molecule has 0 atom stereocenters. The van der Waals surface area contributed by atoms with Crippen LogP contribution in [0.25, 0.3) is 11.0 Å². The number of benzene rings is 1. The lowest BCUT2D eigenvalue weighted by atomic mass is 9.87. The summed E-state index contributed by atoms with van der Waals surface area (Å²) in [6.07, 6.45) is 9.69. The fraction of sp³-hybridized carbons (Fsp3) is 0.433. The molecule has 0 unspecified atom stereocenters. The Kier molecular flexibility index (Phi) is 8.68. The summed E-state index contributed by atoms with van der Waals surface area (Å²) >= 11 is 0. The number of aryl methyl sites for hydroxylation is 1. The van der Waals surface area contributed by atoms with E-state index >= 15 is 0 Å². The van der Waals surface area contributed by atoms with Gasteiger partial charge in [0.15, 0.2) is 11.5 Å². The van der Waals surface area contributed by atoms with Gasteiger partial charge >= 0.3 is 0 Å². The van der Waals surface area contributed by atoms with Crippen molar-refractivity contribution in [3.05, 3.63) is 70.7 Å². The number of likely N-dealkylation sites (tertiary alicyclic amines) is 1. The molecule has 3 aromatic rings. The lowest BCUT2D eigenvalue weighted by molar-refractivity contribution is -0.122. The summed E-state index contributed by atoms with van der Waals surface area (Å²) in [5, 5.41) is 9.57. The van der Waals surface area contributed by atoms with E-state index in [-0.39, 0.29) is 12.1 Å². The summed E-state index contributed by atoms with van der Waals surface area (Å²) in [5.74, 6) is 1.29. The number of hydrazone groups is 1. The number of carbonyl (C=O) groups excluding carboxylic acids is 1. The molecule has 3 heterocycles. The van der Waals surface area contributed by atoms with Gasteiger partial charge in [0.25, 0.3) is 5.56 Å². The molecule has 4 rings (SSSR count). The van der Waals surface area contributed by atoms with Crippen molar-refractivity contribution in [1.82, 2.24) is 29.2 Å². The summed E-state index contributed by atoms with van der Waals surface area (Å²) in [6, 6.07) is 6.37. The largest absolute Gasteiger partial charge is 0.324 e. The summed E-state index contributed by atoms with van der Waals surface area (Å²) in [7, 11) is 2.17. The van der Waals surface area contributed by atoms with E-state index in [1.54, 1.807) is 22.9 Å². The van der Waals surface area contributed by atoms with Crippen molar-refractivity contribution in [3.8, 4) is 0 Å². The number of hydrogen-bond donors (Lipinski definition) is 1. The van der Waals surface area contributed by atoms with Gasteiger partial charge in [-0.1, -0.05) is 18.2 Å². The lowest BCUT2D eigenvalue weighted by Crippen LogP contribution is -2.38. The summed E-state index contributed by atoms with van der Waals surface area (Å²) in [4.78, 5) is 36.8. The average Bonchev–Trinajstić information content (AvgIpc) is 3.17. The standard InChI is InChI=1S/C30H40N8O2/c1-8-10-26(34-37(20-39)30(4,5)6)38-27-25(28(40)36(38)15-9-2)19-31-29(33-27)32-23-11-12-24(21(3)18-23)22-13-16-35(7)17-14-22/h8-12,18-20,22H,2,13-17H2,1,3-7H3,(H,31,32,33)/b10-8-,34-26+. The zero-order valence-corrected chi connectivity index (χ0v) is 24.4. The Morgan fingerprint density at radius 3 is 2.60 bits per heavy atom. The van der Waals surface area contributed by atoms with E-state index in [9.17, 15) is 9.59 Å². The summed E-state index contributed by atoms with van der Waals surface area (Å²) < 4.78 is 3.10. The number of hydrogen-bond acceptors (Lipinski definition) is 7. The molecule has 1 fully saturated rings. The third kappa shape index (κ3) is 6.07. The van der Waals surface area contributed by atoms with E-state index in [0.717, 1.165) is 31.6 Å². The monoisotopic (exact) mass is 544 g/mol. The molecule has 1 amide bonds. The van der Waals surface area contributed by atoms with Gasteiger partial charge < -0.3 is 10.2 Å². The highest BCUT2D eigenvalue weighted by molar-refractivity contribution is 5.99. The number of carbonyl (C=O) groups is 1. The molecule has 40 heavy (non-hydrogen) atoms. The normalized spacial score (nSPS) is 15.6. The minimum Gasteiger partial charge on any atom is -0.324 e. The maximum Gasteiger partial charge on any atom is 0.278 e. The van der Waals surface area contributed by atoms with E-state index in [2.05, 4.69) is 59.1 Å². The van der Waals surface area contributed by atoms with Crippen LogP contribution < -0.4 is 10.9 Å². The molecule has 0 bridgehead atoms. The molecule has 0 spiro atoms. The third-order valence-corrected chi connectivity index (χ3v) is 7.19. The van der Waals surface area contributed by atoms with E-state index in [1.165, 1.54) is 27.0 Å². The van der Waals surface area contributed by atoms with Crippen molar-refractivity contribution in [3.63, 3.8) is 0 Å². The first-order valence-corrected chi connectivity index (χ1v) is 13.7. The van der Waals surface area contributed by atoms with Gasteiger partial charge in [0.05, 0.1) is 12.1 Å². The second kappa shape index (κ2) is 12.0. The van der Waals surface area contributed by atoms with Crippen LogP contribution in [-0.2, 0) is 11.3 Å². The SMILES string of the molecule is C=CCn1c(=O)c2cnc(Nc3ccc(C4CCN(C)CC4)c(C)c3)nc2n1C(/C=C\C)=N/N(C=O)C(C)(C)C. The fourth-order valence-electron chi connectivity index (χ4n) is 5.01. The molecule has 1 saturated heterocycles. The van der Waals surface area contributed by atoms with Gasteiger partial charge in [-0.15, -0.1) is 11.7 Å². The number of nitrogens with one attached hydrogen (secondary N) is 1. The van der Waals surface area contributed by atoms with Crippen LogP contribution in [0.5, 0.6) is 0 Å². The van der Waals surface area contributed by atoms with Gasteiger partial charge in [-0.3, -0.25) is 9.59 Å². The number of nitrogens with zero attached hydrogens (tertiary/aromatic N) is 7. The van der Waals surface area contributed by atoms with Gasteiger partial charge in [-0.2, -0.15) is 4.98 Å². The molecule has 0 radical (unpaired) electrons. The molecule has 2 aromatic heterocycles. The number of amides is 1. The molecular formula is C30H40N8O2. The number of piperidine rings is 1. The molecule has 0 aliphatic carbocycles. The van der Waals surface area contributed by atoms with Crippen LogP contribution in [-0.4, -0.2) is 67.2 Å². The minimum absolute atomic E-state index is 0.225. The molecule has 212 valence electrons. The molecule has 10 heteroatoms. The predicted molar refractivity (Wildman–Crippen MR) is 161 cm³/mol. The van der Waals surface area contributed by atoms with E-state index in [0.29, 0.717) is 35.1 Å². The van der Waals surface area contributed by atoms with Gasteiger partial charge in [0.1, 0.15) is 5.39 Å². The maximum atomic E-state index is 13.4. The zero-order valence-electron chi connectivity index (χ0n) is 24.4. The fourth-order valence-corrected chi connectivity index (χ4v) is 5.01. The molecular weight excluding hydrogens is 504 g/mol. The van der Waals surface area contributed by atoms with Crippen molar-refractivity contribution in [1.29, 1.82) is 0 Å². The highest BCUT2D eigenvalue weighted by atomic mass is 16.1. The smallest absolute Gasteiger partial charge is 0.278 e. The Bertz CT molecular complexity index is 1500. The zero-order chi connectivity index (χ0) is 29.0. The number of anilines is 2. The summed E-state index contributed by atoms with van der Waals surface area (Å²) in [6.45, 7) is 15.9. The quantitative estimate of drug-likeness (QED) is 0.146. The van der Waals surface area contributed by atoms with E-state index < -0.39 is 5.54 Å². The van der Waals surface area contributed by atoms with Crippen LogP contribution in [0.3, 0.4) is 0 Å². The second-order valence-electron chi connectivity index (χ2n) is 11.3. The molecule has 1 aliphatic rings. The third-order valence-electron chi connectivity index (χ3n) is 7.19. The van der Waals surface area contributed by atoms with Crippen LogP contribution in [0.1, 0.15) is 57.6 Å². The van der Waals surface area contributed by atoms with Crippen molar-refractivity contribution in [2.24, 2.45) is 5.10 Å². The first kappa shape index (κ1) is 28.9. The average molecular weight is 545 g/mol. The van der Waals surface area contributed by atoms with Crippen LogP contribution in [0, 0.1) is 6.92 Å². The molecule has 10 nitrogen and oxygen atoms in total. The summed E-state index contributed by atoms with van der Waals surface area (Å²) in [5.41, 5.74) is 3.02. The predicted octanol–water partition coefficient (Wildman–Crippen LogP) is 4.63. The number of allylic oxidation sites excluding steroid dienone is 3. The van der Waals surface area contributed by atoms with Crippen LogP contribution in [0.2, 0.25) is 0 Å². The van der Waals surface area contributed by atoms with Gasteiger partial charge in [-0.25, -0.2) is 19.4 Å². The number of rotatable bonds is 8. The van der Waals surface area contributed by atoms with Crippen molar-refractivity contribution in [2.45, 2.75) is 65.5 Å². The Morgan fingerprint density at radius 2 is 2.00 bits per heavy atom. The lowest BCUT2D eigenvalue weighted by Gasteiger charge is -2.30. The highest BCUT2D eigenvalue weighted by Crippen LogP contribution is 2.31. The first-order chi connectivity index (χ1) is 19.1. The van der Waals surface area contributed by atoms with Crippen LogP contribution >= 0.6 is 0 Å². The van der Waals surface area contributed by atoms with E-state index in [1.807, 2.05) is 27.7 Å². The topological polar surface area (TPSA) is 101 Å². The highest BCUT2D eigenvalue weighted by Gasteiger charge is 2.24. The molecule has 1 N–H and O–H groups in total. The Hall–Kier alpha value is -4.05. The molecule has 0 saturated carbocycles. The van der Waals surface area contributed by atoms with E-state index in [4.69, 9.17) is 4.98 Å². The van der Waals surface area contributed by atoms with Crippen molar-refractivity contribution >= 4 is 34.9 Å². The Balaban J connectivity index is 1.76. The van der Waals surface area contributed by atoms with Crippen molar-refractivity contribution < 1.29 is 4.79 Å². The van der Waals surface area contributed by atoms with Crippen LogP contribution in [0.4, 0.5) is 11.6 Å². The van der Waals surface area contributed by atoms with Crippen LogP contribution in [0.15, 0.2) is 59.1 Å². The van der Waals surface area contributed by atoms with Gasteiger partial charge in [0, 0.05) is 11.9 Å². The Morgan fingerprint density at radius 1 is 1.27 bits per heavy atom. The van der Waals surface area contributed by atoms with Gasteiger partial charge in [-0.05, 0) is 103 Å². The first-order valence-electron chi connectivity index (χ1n) is 13.7. The molecule has 1 aromatic carbocycles. The number of aromatic nitrogens is 4. The Labute approximate surface area is 235 Å². The molecule has 1 aliphatic heterocycles. The number of fused-ring (bicyclic) bond motifs is 1. The van der Waals surface area contributed by atoms with Crippen molar-refractivity contribution in [2.75, 3.05) is 25.5 Å². The van der Waals surface area contributed by atoms with Gasteiger partial charge in [0.2, 0.25) is 12.4 Å². The minimum atomic E-state index is -0.569. The second-order valence-corrected chi connectivity index (χ2v) is 11.3.